The Balaban J connectivity index is 0.00000484. The highest BCUT2D eigenvalue weighted by Gasteiger charge is 2.11. The van der Waals surface area contributed by atoms with Crippen LogP contribution in [0.1, 0.15) is 27.2 Å². The van der Waals surface area contributed by atoms with Crippen molar-refractivity contribution in [2.24, 2.45) is 4.99 Å². The molecule has 0 heterocycles. The number of benzene rings is 1. The maximum atomic E-state index is 10.9. The molecule has 1 rings (SSSR count). The van der Waals surface area contributed by atoms with E-state index >= 15 is 0 Å². The Kier molecular flexibility index (Phi) is 11.1. The molecule has 23 heavy (non-hydrogen) atoms. The number of nitrogens with one attached hydrogen (secondary N) is 3. The number of nitrogens with zero attached hydrogens (tertiary/aromatic N) is 2. The molecule has 1 unspecified atom stereocenters. The lowest BCUT2D eigenvalue weighted by Crippen LogP contribution is -2.42. The first-order valence-electron chi connectivity index (χ1n) is 7.60. The van der Waals surface area contributed by atoms with Gasteiger partial charge < -0.3 is 16.0 Å². The summed E-state index contributed by atoms with van der Waals surface area (Å²) in [6.07, 6.45) is 1.01. The van der Waals surface area contributed by atoms with E-state index in [2.05, 4.69) is 34.8 Å². The molecule has 0 radical (unpaired) electrons. The number of anilines is 1. The third-order valence-electron chi connectivity index (χ3n) is 3.14. The van der Waals surface area contributed by atoms with E-state index in [1.54, 1.807) is 18.2 Å². The predicted octanol–water partition coefficient (Wildman–Crippen LogP) is 2.98. The molecule has 3 N–H and O–H groups in total. The van der Waals surface area contributed by atoms with Gasteiger partial charge in [0.25, 0.3) is 5.69 Å². The van der Waals surface area contributed by atoms with Crippen molar-refractivity contribution in [2.45, 2.75) is 33.2 Å². The topological polar surface area (TPSA) is 91.6 Å². The van der Waals surface area contributed by atoms with Gasteiger partial charge in [0.2, 0.25) is 0 Å². The molecule has 1 aromatic rings. The SMILES string of the molecule is CCNC(=NCCNc1ccccc1[N+](=O)[O-])NC(C)CC.I. The van der Waals surface area contributed by atoms with Crippen LogP contribution in [0.5, 0.6) is 0 Å². The number of rotatable bonds is 8. The minimum atomic E-state index is -0.389. The smallest absolute Gasteiger partial charge is 0.292 e. The van der Waals surface area contributed by atoms with Crippen LogP contribution in [0, 0.1) is 10.1 Å². The Morgan fingerprint density at radius 2 is 2.04 bits per heavy atom. The average molecular weight is 435 g/mol. The fourth-order valence-electron chi connectivity index (χ4n) is 1.80. The van der Waals surface area contributed by atoms with Crippen LogP contribution >= 0.6 is 24.0 Å². The van der Waals surface area contributed by atoms with Gasteiger partial charge in [-0.1, -0.05) is 19.1 Å². The molecule has 0 bridgehead atoms. The number of guanidine groups is 1. The van der Waals surface area contributed by atoms with E-state index in [-0.39, 0.29) is 34.6 Å². The van der Waals surface area contributed by atoms with Crippen LogP contribution in [0.2, 0.25) is 0 Å². The molecule has 0 aliphatic carbocycles. The highest BCUT2D eigenvalue weighted by atomic mass is 127. The summed E-state index contributed by atoms with van der Waals surface area (Å²) in [7, 11) is 0. The fraction of sp³-hybridized carbons (Fsp3) is 0.533. The molecule has 0 fully saturated rings. The zero-order valence-electron chi connectivity index (χ0n) is 13.8. The van der Waals surface area contributed by atoms with Crippen LogP contribution in [-0.4, -0.2) is 36.6 Å². The molecule has 0 aromatic heterocycles. The molecule has 0 aliphatic heterocycles. The molecule has 0 saturated carbocycles. The Morgan fingerprint density at radius 1 is 1.35 bits per heavy atom. The minimum Gasteiger partial charge on any atom is -0.378 e. The maximum Gasteiger partial charge on any atom is 0.292 e. The number of aliphatic imine (C=N–C) groups is 1. The van der Waals surface area contributed by atoms with Gasteiger partial charge in [0.1, 0.15) is 5.69 Å². The number of para-hydroxylation sites is 2. The second-order valence-electron chi connectivity index (χ2n) is 4.92. The van der Waals surface area contributed by atoms with Gasteiger partial charge in [-0.2, -0.15) is 0 Å². The van der Waals surface area contributed by atoms with Crippen LogP contribution in [0.25, 0.3) is 0 Å². The van der Waals surface area contributed by atoms with Crippen molar-refractivity contribution < 1.29 is 4.92 Å². The zero-order chi connectivity index (χ0) is 16.4. The van der Waals surface area contributed by atoms with Gasteiger partial charge in [-0.3, -0.25) is 15.1 Å². The Bertz CT molecular complexity index is 510. The average Bonchev–Trinajstić information content (AvgIpc) is 2.51. The first kappa shape index (κ1) is 21.4. The summed E-state index contributed by atoms with van der Waals surface area (Å²) in [6.45, 7) is 8.06. The summed E-state index contributed by atoms with van der Waals surface area (Å²) in [6, 6.07) is 6.96. The first-order valence-corrected chi connectivity index (χ1v) is 7.60. The van der Waals surface area contributed by atoms with Crippen LogP contribution in [0.15, 0.2) is 29.3 Å². The molecular formula is C15H26IN5O2. The van der Waals surface area contributed by atoms with E-state index in [9.17, 15) is 10.1 Å². The standard InChI is InChI=1S/C15H25N5O2.HI/c1-4-12(3)19-15(16-5-2)18-11-10-17-13-8-6-7-9-14(13)20(21)22;/h6-9,12,17H,4-5,10-11H2,1-3H3,(H2,16,18,19);1H. The van der Waals surface area contributed by atoms with Crippen molar-refractivity contribution in [3.63, 3.8) is 0 Å². The van der Waals surface area contributed by atoms with Gasteiger partial charge in [-0.15, -0.1) is 24.0 Å². The van der Waals surface area contributed by atoms with E-state index in [0.717, 1.165) is 18.9 Å². The third-order valence-corrected chi connectivity index (χ3v) is 3.14. The molecule has 130 valence electrons. The van der Waals surface area contributed by atoms with E-state index in [1.807, 2.05) is 6.92 Å². The second-order valence-corrected chi connectivity index (χ2v) is 4.92. The zero-order valence-corrected chi connectivity index (χ0v) is 16.2. The summed E-state index contributed by atoms with van der Waals surface area (Å²) in [5.41, 5.74) is 0.596. The summed E-state index contributed by atoms with van der Waals surface area (Å²) in [4.78, 5) is 15.0. The lowest BCUT2D eigenvalue weighted by atomic mass is 10.2. The van der Waals surface area contributed by atoms with Crippen LogP contribution < -0.4 is 16.0 Å². The minimum absolute atomic E-state index is 0. The lowest BCUT2D eigenvalue weighted by Gasteiger charge is -2.16. The van der Waals surface area contributed by atoms with Gasteiger partial charge in [0, 0.05) is 25.2 Å². The molecular weight excluding hydrogens is 409 g/mol. The second kappa shape index (κ2) is 11.9. The Morgan fingerprint density at radius 3 is 2.65 bits per heavy atom. The molecule has 0 spiro atoms. The summed E-state index contributed by atoms with van der Waals surface area (Å²) in [5, 5.41) is 20.5. The first-order chi connectivity index (χ1) is 10.6. The van der Waals surface area contributed by atoms with Crippen molar-refractivity contribution in [3.8, 4) is 0 Å². The normalized spacial score (nSPS) is 12.0. The van der Waals surface area contributed by atoms with Gasteiger partial charge in [-0.05, 0) is 26.3 Å². The largest absolute Gasteiger partial charge is 0.378 e. The highest BCUT2D eigenvalue weighted by molar-refractivity contribution is 14.0. The lowest BCUT2D eigenvalue weighted by molar-refractivity contribution is -0.384. The fourth-order valence-corrected chi connectivity index (χ4v) is 1.80. The molecule has 1 aromatic carbocycles. The Hall–Kier alpha value is -1.58. The Labute approximate surface area is 154 Å². The van der Waals surface area contributed by atoms with Gasteiger partial charge in [-0.25, -0.2) is 0 Å². The van der Waals surface area contributed by atoms with Gasteiger partial charge in [0.15, 0.2) is 5.96 Å². The number of nitro groups is 1. The molecule has 8 heteroatoms. The number of nitro benzene ring substituents is 1. The van der Waals surface area contributed by atoms with Gasteiger partial charge in [0.05, 0.1) is 11.5 Å². The highest BCUT2D eigenvalue weighted by Crippen LogP contribution is 2.22. The molecule has 1 atom stereocenters. The van der Waals surface area contributed by atoms with Crippen molar-refractivity contribution >= 4 is 41.3 Å². The van der Waals surface area contributed by atoms with Crippen molar-refractivity contribution in [3.05, 3.63) is 34.4 Å². The van der Waals surface area contributed by atoms with E-state index in [4.69, 9.17) is 0 Å². The third kappa shape index (κ3) is 8.00. The predicted molar refractivity (Wildman–Crippen MR) is 106 cm³/mol. The van der Waals surface area contributed by atoms with E-state index in [1.165, 1.54) is 6.07 Å². The quantitative estimate of drug-likeness (QED) is 0.146. The monoisotopic (exact) mass is 435 g/mol. The number of halogens is 1. The van der Waals surface area contributed by atoms with E-state index < -0.39 is 0 Å². The summed E-state index contributed by atoms with van der Waals surface area (Å²) < 4.78 is 0. The molecule has 7 nitrogen and oxygen atoms in total. The molecule has 0 saturated heterocycles. The van der Waals surface area contributed by atoms with Crippen LogP contribution in [0.3, 0.4) is 0 Å². The molecule has 0 amide bonds. The summed E-state index contributed by atoms with van der Waals surface area (Å²) >= 11 is 0. The number of hydrogen-bond acceptors (Lipinski definition) is 4. The number of hydrogen-bond donors (Lipinski definition) is 3. The van der Waals surface area contributed by atoms with Crippen molar-refractivity contribution in [1.82, 2.24) is 10.6 Å². The van der Waals surface area contributed by atoms with E-state index in [0.29, 0.717) is 24.8 Å². The maximum absolute atomic E-state index is 10.9. The summed E-state index contributed by atoms with van der Waals surface area (Å²) in [5.74, 6) is 0.765. The van der Waals surface area contributed by atoms with Crippen LogP contribution in [-0.2, 0) is 0 Å². The van der Waals surface area contributed by atoms with Crippen molar-refractivity contribution in [1.29, 1.82) is 0 Å². The van der Waals surface area contributed by atoms with Crippen LogP contribution in [0.4, 0.5) is 11.4 Å². The molecule has 0 aliphatic rings. The van der Waals surface area contributed by atoms with Crippen molar-refractivity contribution in [2.75, 3.05) is 25.0 Å². The van der Waals surface area contributed by atoms with Gasteiger partial charge >= 0.3 is 0 Å².